The van der Waals surface area contributed by atoms with E-state index in [-0.39, 0.29) is 18.1 Å². The molecule has 0 saturated heterocycles. The van der Waals surface area contributed by atoms with Gasteiger partial charge in [-0.3, -0.25) is 10.1 Å². The van der Waals surface area contributed by atoms with Crippen LogP contribution in [0.5, 0.6) is 5.75 Å². The number of aryl methyl sites for hydroxylation is 1. The molecule has 8 heteroatoms. The normalized spacial score (nSPS) is 11.8. The highest BCUT2D eigenvalue weighted by molar-refractivity contribution is 6.12. The number of aliphatic hydroxyl groups is 1. The number of methoxy groups -OCH3 is 1. The highest BCUT2D eigenvalue weighted by Crippen LogP contribution is 2.39. The van der Waals surface area contributed by atoms with Crippen LogP contribution in [-0.4, -0.2) is 28.4 Å². The minimum atomic E-state index is -0.884. The van der Waals surface area contributed by atoms with Crippen LogP contribution in [0.25, 0.3) is 21.8 Å². The van der Waals surface area contributed by atoms with E-state index >= 15 is 0 Å². The number of benzene rings is 2. The SMILES string of the molecule is COc1ccc2nc3c(C)ccc([N+](=O)[O-])c3c(NC(C)O)c2c1.Cl. The van der Waals surface area contributed by atoms with Crippen LogP contribution in [0.1, 0.15) is 12.5 Å². The molecular formula is C17H18ClN3O4. The first-order valence-corrected chi connectivity index (χ1v) is 7.42. The monoisotopic (exact) mass is 363 g/mol. The van der Waals surface area contributed by atoms with Crippen LogP contribution in [0.4, 0.5) is 11.4 Å². The predicted octanol–water partition coefficient (Wildman–Crippen LogP) is 3.79. The third-order valence-corrected chi connectivity index (χ3v) is 3.86. The zero-order valence-corrected chi connectivity index (χ0v) is 14.8. The van der Waals surface area contributed by atoms with Crippen molar-refractivity contribution in [1.82, 2.24) is 4.98 Å². The molecule has 132 valence electrons. The van der Waals surface area contributed by atoms with Crippen LogP contribution in [0.15, 0.2) is 30.3 Å². The number of halogens is 1. The molecule has 0 aliphatic heterocycles. The maximum atomic E-state index is 11.5. The average molecular weight is 364 g/mol. The lowest BCUT2D eigenvalue weighted by molar-refractivity contribution is -0.383. The summed E-state index contributed by atoms with van der Waals surface area (Å²) in [6.07, 6.45) is -0.884. The zero-order chi connectivity index (χ0) is 17.4. The molecule has 7 nitrogen and oxygen atoms in total. The van der Waals surface area contributed by atoms with Crippen molar-refractivity contribution in [2.24, 2.45) is 0 Å². The number of non-ortho nitro benzene ring substituents is 1. The predicted molar refractivity (Wildman–Crippen MR) is 99.7 cm³/mol. The van der Waals surface area contributed by atoms with Crippen molar-refractivity contribution in [3.05, 3.63) is 46.0 Å². The summed E-state index contributed by atoms with van der Waals surface area (Å²) in [7, 11) is 1.55. The molecule has 2 N–H and O–H groups in total. The van der Waals surface area contributed by atoms with E-state index in [1.54, 1.807) is 38.3 Å². The number of aromatic nitrogens is 1. The number of rotatable bonds is 4. The molecule has 1 heterocycles. The summed E-state index contributed by atoms with van der Waals surface area (Å²) in [4.78, 5) is 15.6. The summed E-state index contributed by atoms with van der Waals surface area (Å²) in [6.45, 7) is 3.40. The van der Waals surface area contributed by atoms with E-state index in [1.807, 2.05) is 6.92 Å². The molecule has 0 bridgehead atoms. The van der Waals surface area contributed by atoms with Gasteiger partial charge in [0, 0.05) is 11.5 Å². The minimum Gasteiger partial charge on any atom is -0.497 e. The lowest BCUT2D eigenvalue weighted by Gasteiger charge is -2.16. The van der Waals surface area contributed by atoms with Gasteiger partial charge in [-0.15, -0.1) is 12.4 Å². The summed E-state index contributed by atoms with van der Waals surface area (Å²) >= 11 is 0. The van der Waals surface area contributed by atoms with Crippen molar-refractivity contribution in [3.8, 4) is 5.75 Å². The molecule has 2 aromatic carbocycles. The Kier molecular flexibility index (Phi) is 5.30. The maximum Gasteiger partial charge on any atom is 0.280 e. The van der Waals surface area contributed by atoms with E-state index in [4.69, 9.17) is 4.74 Å². The molecule has 0 saturated carbocycles. The second-order valence-electron chi connectivity index (χ2n) is 5.57. The first-order chi connectivity index (χ1) is 11.4. The molecule has 3 aromatic rings. The number of hydrogen-bond donors (Lipinski definition) is 2. The average Bonchev–Trinajstić information content (AvgIpc) is 2.54. The van der Waals surface area contributed by atoms with Crippen molar-refractivity contribution < 1.29 is 14.8 Å². The molecule has 1 unspecified atom stereocenters. The molecule has 25 heavy (non-hydrogen) atoms. The van der Waals surface area contributed by atoms with Gasteiger partial charge in [-0.2, -0.15) is 0 Å². The second kappa shape index (κ2) is 7.08. The van der Waals surface area contributed by atoms with Crippen LogP contribution in [0.3, 0.4) is 0 Å². The first kappa shape index (κ1) is 18.7. The Labute approximate surface area is 150 Å². The van der Waals surface area contributed by atoms with Crippen molar-refractivity contribution in [2.75, 3.05) is 12.4 Å². The van der Waals surface area contributed by atoms with Gasteiger partial charge in [0.2, 0.25) is 0 Å². The van der Waals surface area contributed by atoms with E-state index in [9.17, 15) is 15.2 Å². The minimum absolute atomic E-state index is 0. The largest absolute Gasteiger partial charge is 0.497 e. The number of pyridine rings is 1. The van der Waals surface area contributed by atoms with Crippen LogP contribution < -0.4 is 10.1 Å². The van der Waals surface area contributed by atoms with Gasteiger partial charge in [-0.1, -0.05) is 6.07 Å². The van der Waals surface area contributed by atoms with Gasteiger partial charge >= 0.3 is 0 Å². The first-order valence-electron chi connectivity index (χ1n) is 7.42. The molecule has 0 aliphatic carbocycles. The lowest BCUT2D eigenvalue weighted by atomic mass is 10.0. The number of anilines is 1. The van der Waals surface area contributed by atoms with Gasteiger partial charge in [0.15, 0.2) is 0 Å². The second-order valence-corrected chi connectivity index (χ2v) is 5.57. The summed E-state index contributed by atoms with van der Waals surface area (Å²) in [5, 5.41) is 25.2. The van der Waals surface area contributed by atoms with Crippen LogP contribution >= 0.6 is 12.4 Å². The van der Waals surface area contributed by atoms with Gasteiger partial charge in [0.25, 0.3) is 5.69 Å². The highest BCUT2D eigenvalue weighted by atomic mass is 35.5. The number of hydrogen-bond acceptors (Lipinski definition) is 6. The van der Waals surface area contributed by atoms with Crippen molar-refractivity contribution >= 4 is 45.6 Å². The fourth-order valence-electron chi connectivity index (χ4n) is 2.78. The Bertz CT molecular complexity index is 960. The quantitative estimate of drug-likeness (QED) is 0.317. The Morgan fingerprint density at radius 1 is 1.32 bits per heavy atom. The highest BCUT2D eigenvalue weighted by Gasteiger charge is 2.21. The van der Waals surface area contributed by atoms with Gasteiger partial charge in [0.05, 0.1) is 28.8 Å². The number of nitro groups is 1. The van der Waals surface area contributed by atoms with Gasteiger partial charge in [-0.05, 0) is 37.6 Å². The summed E-state index contributed by atoms with van der Waals surface area (Å²) in [5.74, 6) is 0.604. The third kappa shape index (κ3) is 3.29. The summed E-state index contributed by atoms with van der Waals surface area (Å²) in [6, 6.07) is 8.45. The third-order valence-electron chi connectivity index (χ3n) is 3.86. The smallest absolute Gasteiger partial charge is 0.280 e. The van der Waals surface area contributed by atoms with Gasteiger partial charge < -0.3 is 15.2 Å². The van der Waals surface area contributed by atoms with Crippen LogP contribution in [0, 0.1) is 17.0 Å². The Morgan fingerprint density at radius 2 is 2.04 bits per heavy atom. The maximum absolute atomic E-state index is 11.5. The Hall–Kier alpha value is -2.64. The Morgan fingerprint density at radius 3 is 2.64 bits per heavy atom. The van der Waals surface area contributed by atoms with Crippen LogP contribution in [0.2, 0.25) is 0 Å². The zero-order valence-electron chi connectivity index (χ0n) is 13.9. The molecule has 3 rings (SSSR count). The number of nitrogens with zero attached hydrogens (tertiary/aromatic N) is 2. The van der Waals surface area contributed by atoms with Crippen molar-refractivity contribution in [3.63, 3.8) is 0 Å². The standard InChI is InChI=1S/C17H17N3O4.ClH/c1-9-4-7-14(20(22)23)15-16(9)19-13-6-5-11(24-3)8-12(13)17(15)18-10(2)21;/h4-8,10,21H,1-3H3,(H,18,19);1H. The number of nitrogens with one attached hydrogen (secondary N) is 1. The molecule has 0 aliphatic rings. The van der Waals surface area contributed by atoms with Crippen molar-refractivity contribution in [2.45, 2.75) is 20.1 Å². The van der Waals surface area contributed by atoms with E-state index < -0.39 is 11.2 Å². The topological polar surface area (TPSA) is 97.5 Å². The van der Waals surface area contributed by atoms with E-state index in [0.717, 1.165) is 5.56 Å². The fourth-order valence-corrected chi connectivity index (χ4v) is 2.78. The molecule has 0 spiro atoms. The number of fused-ring (bicyclic) bond motifs is 2. The summed E-state index contributed by atoms with van der Waals surface area (Å²) in [5.41, 5.74) is 2.43. The number of aliphatic hydroxyl groups excluding tert-OH is 1. The van der Waals surface area contributed by atoms with E-state index in [1.165, 1.54) is 6.07 Å². The molecule has 0 amide bonds. The summed E-state index contributed by atoms with van der Waals surface area (Å²) < 4.78 is 5.24. The number of nitro benzene ring substituents is 1. The Balaban J connectivity index is 0.00000225. The molecule has 0 fully saturated rings. The lowest BCUT2D eigenvalue weighted by Crippen LogP contribution is -2.14. The van der Waals surface area contributed by atoms with E-state index in [0.29, 0.717) is 33.2 Å². The number of ether oxygens (including phenoxy) is 1. The molecular weight excluding hydrogens is 346 g/mol. The van der Waals surface area contributed by atoms with Gasteiger partial charge in [-0.25, -0.2) is 4.98 Å². The molecule has 0 radical (unpaired) electrons. The van der Waals surface area contributed by atoms with Crippen molar-refractivity contribution in [1.29, 1.82) is 0 Å². The molecule has 1 aromatic heterocycles. The van der Waals surface area contributed by atoms with E-state index in [2.05, 4.69) is 10.3 Å². The van der Waals surface area contributed by atoms with Gasteiger partial charge in [0.1, 0.15) is 17.4 Å². The van der Waals surface area contributed by atoms with Crippen LogP contribution in [-0.2, 0) is 0 Å². The fraction of sp³-hybridized carbons (Fsp3) is 0.235. The molecule has 1 atom stereocenters.